The lowest BCUT2D eigenvalue weighted by Gasteiger charge is -2.20. The fraction of sp³-hybridized carbons (Fsp3) is 0.462. The van der Waals surface area contributed by atoms with Crippen molar-refractivity contribution in [2.45, 2.75) is 19.5 Å². The van der Waals surface area contributed by atoms with Crippen molar-refractivity contribution in [2.24, 2.45) is 7.05 Å². The summed E-state index contributed by atoms with van der Waals surface area (Å²) in [6.07, 6.45) is -4.02. The zero-order chi connectivity index (χ0) is 17.9. The summed E-state index contributed by atoms with van der Waals surface area (Å²) in [6.45, 7) is 2.44. The molecule has 0 saturated heterocycles. The number of alkyl halides is 3. The van der Waals surface area contributed by atoms with Crippen LogP contribution >= 0.6 is 0 Å². The molecule has 11 heteroatoms. The van der Waals surface area contributed by atoms with Gasteiger partial charge >= 0.3 is 6.18 Å². The first-order valence-electron chi connectivity index (χ1n) is 7.07. The van der Waals surface area contributed by atoms with Gasteiger partial charge in [0.1, 0.15) is 5.82 Å². The molecule has 0 aliphatic rings. The number of halogens is 3. The van der Waals surface area contributed by atoms with E-state index >= 15 is 0 Å². The van der Waals surface area contributed by atoms with Crippen LogP contribution < -0.4 is 10.2 Å². The van der Waals surface area contributed by atoms with Gasteiger partial charge in [-0.2, -0.15) is 13.2 Å². The summed E-state index contributed by atoms with van der Waals surface area (Å²) in [5.41, 5.74) is -1.85. The predicted molar refractivity (Wildman–Crippen MR) is 79.6 cm³/mol. The maximum absolute atomic E-state index is 13.3. The van der Waals surface area contributed by atoms with Crippen LogP contribution in [0.1, 0.15) is 29.4 Å². The fourth-order valence-corrected chi connectivity index (χ4v) is 2.01. The standard InChI is InChI=1S/C13H16F3N7O/c1-4-7-22(2)9-6-5-8(10(17-9)13(14,15)16)11(24)18-12-19-20-21-23(12)3/h5-6H,4,7H2,1-3H3,(H,18,19,21,24). The van der Waals surface area contributed by atoms with Gasteiger partial charge in [-0.25, -0.2) is 9.67 Å². The number of carbonyl (C=O) groups is 1. The number of anilines is 2. The summed E-state index contributed by atoms with van der Waals surface area (Å²) in [5, 5.41) is 12.5. The summed E-state index contributed by atoms with van der Waals surface area (Å²) >= 11 is 0. The van der Waals surface area contributed by atoms with Gasteiger partial charge in [0, 0.05) is 20.6 Å². The van der Waals surface area contributed by atoms with Crippen LogP contribution in [0.15, 0.2) is 12.1 Å². The topological polar surface area (TPSA) is 88.8 Å². The SMILES string of the molecule is CCCN(C)c1ccc(C(=O)Nc2nnnn2C)c(C(F)(F)F)n1. The van der Waals surface area contributed by atoms with Crippen molar-refractivity contribution in [1.29, 1.82) is 0 Å². The molecule has 8 nitrogen and oxygen atoms in total. The van der Waals surface area contributed by atoms with Crippen LogP contribution in [0.4, 0.5) is 24.9 Å². The molecule has 2 heterocycles. The van der Waals surface area contributed by atoms with Crippen molar-refractivity contribution in [2.75, 3.05) is 23.8 Å². The Balaban J connectivity index is 2.38. The van der Waals surface area contributed by atoms with Gasteiger partial charge in [0.2, 0.25) is 5.95 Å². The van der Waals surface area contributed by atoms with E-state index < -0.39 is 23.3 Å². The van der Waals surface area contributed by atoms with Gasteiger partial charge in [0.25, 0.3) is 5.91 Å². The first kappa shape index (κ1) is 17.6. The number of tetrazole rings is 1. The van der Waals surface area contributed by atoms with E-state index in [9.17, 15) is 18.0 Å². The number of nitrogens with one attached hydrogen (secondary N) is 1. The van der Waals surface area contributed by atoms with E-state index in [0.717, 1.165) is 17.2 Å². The van der Waals surface area contributed by atoms with Gasteiger partial charge in [0.15, 0.2) is 5.69 Å². The highest BCUT2D eigenvalue weighted by Crippen LogP contribution is 2.32. The molecule has 0 aliphatic carbocycles. The maximum atomic E-state index is 13.3. The average Bonchev–Trinajstić information content (AvgIpc) is 2.91. The van der Waals surface area contributed by atoms with Crippen molar-refractivity contribution in [3.8, 4) is 0 Å². The van der Waals surface area contributed by atoms with Crippen LogP contribution in [-0.2, 0) is 13.2 Å². The second-order valence-electron chi connectivity index (χ2n) is 5.07. The Morgan fingerprint density at radius 1 is 1.38 bits per heavy atom. The molecule has 0 aliphatic heterocycles. The zero-order valence-corrected chi connectivity index (χ0v) is 13.3. The third-order valence-corrected chi connectivity index (χ3v) is 3.19. The molecule has 0 fully saturated rings. The summed E-state index contributed by atoms with van der Waals surface area (Å²) < 4.78 is 41.0. The number of rotatable bonds is 5. The number of aryl methyl sites for hydroxylation is 1. The van der Waals surface area contributed by atoms with Gasteiger partial charge < -0.3 is 4.90 Å². The number of aromatic nitrogens is 5. The van der Waals surface area contributed by atoms with Gasteiger partial charge in [-0.3, -0.25) is 10.1 Å². The average molecular weight is 343 g/mol. The lowest BCUT2D eigenvalue weighted by molar-refractivity contribution is -0.141. The van der Waals surface area contributed by atoms with Crippen LogP contribution in [0.2, 0.25) is 0 Å². The van der Waals surface area contributed by atoms with Crippen molar-refractivity contribution in [3.63, 3.8) is 0 Å². The highest BCUT2D eigenvalue weighted by molar-refractivity contribution is 6.04. The molecule has 0 radical (unpaired) electrons. The van der Waals surface area contributed by atoms with Gasteiger partial charge in [-0.05, 0) is 29.0 Å². The molecule has 0 unspecified atom stereocenters. The highest BCUT2D eigenvalue weighted by Gasteiger charge is 2.38. The van der Waals surface area contributed by atoms with E-state index in [2.05, 4.69) is 25.8 Å². The fourth-order valence-electron chi connectivity index (χ4n) is 2.01. The lowest BCUT2D eigenvalue weighted by Crippen LogP contribution is -2.25. The number of pyridine rings is 1. The second-order valence-corrected chi connectivity index (χ2v) is 5.07. The van der Waals surface area contributed by atoms with E-state index in [0.29, 0.717) is 6.54 Å². The predicted octanol–water partition coefficient (Wildman–Crippen LogP) is 1.72. The van der Waals surface area contributed by atoms with Crippen LogP contribution in [0, 0.1) is 0 Å². The first-order valence-corrected chi connectivity index (χ1v) is 7.07. The maximum Gasteiger partial charge on any atom is 0.434 e. The number of hydrogen-bond acceptors (Lipinski definition) is 6. The lowest BCUT2D eigenvalue weighted by atomic mass is 10.1. The Kier molecular flexibility index (Phi) is 5.00. The van der Waals surface area contributed by atoms with Gasteiger partial charge in [-0.15, -0.1) is 0 Å². The minimum absolute atomic E-state index is 0.0692. The van der Waals surface area contributed by atoms with E-state index in [1.54, 1.807) is 11.9 Å². The molecular weight excluding hydrogens is 327 g/mol. The summed E-state index contributed by atoms with van der Waals surface area (Å²) in [5.74, 6) is -0.918. The number of hydrogen-bond donors (Lipinski definition) is 1. The zero-order valence-electron chi connectivity index (χ0n) is 13.3. The molecule has 1 N–H and O–H groups in total. The van der Waals surface area contributed by atoms with Crippen molar-refractivity contribution in [1.82, 2.24) is 25.2 Å². The monoisotopic (exact) mass is 343 g/mol. The van der Waals surface area contributed by atoms with Crippen LogP contribution in [-0.4, -0.2) is 44.7 Å². The van der Waals surface area contributed by atoms with E-state index in [-0.39, 0.29) is 11.8 Å². The van der Waals surface area contributed by atoms with Crippen molar-refractivity contribution >= 4 is 17.7 Å². The Morgan fingerprint density at radius 3 is 2.62 bits per heavy atom. The number of carbonyl (C=O) groups excluding carboxylic acids is 1. The largest absolute Gasteiger partial charge is 0.434 e. The Hall–Kier alpha value is -2.72. The third kappa shape index (κ3) is 3.78. The molecule has 2 rings (SSSR count). The molecule has 0 bridgehead atoms. The molecular formula is C13H16F3N7O. The molecule has 130 valence electrons. The second kappa shape index (κ2) is 6.81. The van der Waals surface area contributed by atoms with Gasteiger partial charge in [-0.1, -0.05) is 12.0 Å². The summed E-state index contributed by atoms with van der Waals surface area (Å²) in [6, 6.07) is 2.46. The Bertz CT molecular complexity index is 729. The third-order valence-electron chi connectivity index (χ3n) is 3.19. The van der Waals surface area contributed by atoms with Crippen molar-refractivity contribution in [3.05, 3.63) is 23.4 Å². The van der Waals surface area contributed by atoms with E-state index in [1.807, 2.05) is 6.92 Å². The first-order chi connectivity index (χ1) is 11.2. The molecule has 24 heavy (non-hydrogen) atoms. The smallest absolute Gasteiger partial charge is 0.360 e. The molecule has 0 spiro atoms. The van der Waals surface area contributed by atoms with Gasteiger partial charge in [0.05, 0.1) is 5.56 Å². The summed E-state index contributed by atoms with van der Waals surface area (Å²) in [4.78, 5) is 17.4. The number of amides is 1. The van der Waals surface area contributed by atoms with Crippen LogP contribution in [0.5, 0.6) is 0 Å². The molecule has 0 atom stereocenters. The van der Waals surface area contributed by atoms with E-state index in [1.165, 1.54) is 13.1 Å². The molecule has 1 amide bonds. The van der Waals surface area contributed by atoms with E-state index in [4.69, 9.17) is 0 Å². The molecule has 0 saturated carbocycles. The molecule has 0 aromatic carbocycles. The normalized spacial score (nSPS) is 11.4. The van der Waals surface area contributed by atoms with Crippen molar-refractivity contribution < 1.29 is 18.0 Å². The minimum Gasteiger partial charge on any atom is -0.360 e. The quantitative estimate of drug-likeness (QED) is 0.889. The Morgan fingerprint density at radius 2 is 2.08 bits per heavy atom. The summed E-state index contributed by atoms with van der Waals surface area (Å²) in [7, 11) is 3.08. The van der Waals surface area contributed by atoms with Crippen LogP contribution in [0.3, 0.4) is 0 Å². The van der Waals surface area contributed by atoms with Crippen LogP contribution in [0.25, 0.3) is 0 Å². The number of nitrogens with zero attached hydrogens (tertiary/aromatic N) is 6. The molecule has 2 aromatic rings. The molecule has 2 aromatic heterocycles. The Labute approximate surface area is 135 Å². The minimum atomic E-state index is -4.77. The highest BCUT2D eigenvalue weighted by atomic mass is 19.4.